The smallest absolute Gasteiger partial charge is 0.275 e. The molecule has 0 atom stereocenters. The average Bonchev–Trinajstić information content (AvgIpc) is 1.99. The van der Waals surface area contributed by atoms with Crippen LogP contribution < -0.4 is 0 Å². The van der Waals surface area contributed by atoms with Gasteiger partial charge in [0, 0.05) is 32.7 Å². The van der Waals surface area contributed by atoms with E-state index in [1.807, 2.05) is 13.3 Å². The second-order valence-electron chi connectivity index (χ2n) is 4.05. The molecule has 0 fully saturated rings. The van der Waals surface area contributed by atoms with Crippen LogP contribution in [0, 0.1) is 18.3 Å². The summed E-state index contributed by atoms with van der Waals surface area (Å²) in [5.74, 6) is 0.663. The molecule has 0 aromatic heterocycles. The van der Waals surface area contributed by atoms with Crippen molar-refractivity contribution < 1.29 is 42.2 Å². The molecule has 3 heteroatoms. The summed E-state index contributed by atoms with van der Waals surface area (Å²) < 4.78 is 5.34. The molecule has 2 nitrogen and oxygen atoms in total. The predicted molar refractivity (Wildman–Crippen MR) is 54.1 cm³/mol. The summed E-state index contributed by atoms with van der Waals surface area (Å²) in [7, 11) is 0. The second-order valence-corrected chi connectivity index (χ2v) is 4.05. The molecular formula is C11H21O2Y-. The first-order chi connectivity index (χ1) is 5.99. The van der Waals surface area contributed by atoms with E-state index in [0.717, 1.165) is 0 Å². The van der Waals surface area contributed by atoms with E-state index < -0.39 is 0 Å². The Labute approximate surface area is 113 Å². The summed E-state index contributed by atoms with van der Waals surface area (Å²) in [6.45, 7) is 10.2. The van der Waals surface area contributed by atoms with Crippen molar-refractivity contribution in [3.05, 3.63) is 6.42 Å². The summed E-state index contributed by atoms with van der Waals surface area (Å²) in [6, 6.07) is 0. The summed E-state index contributed by atoms with van der Waals surface area (Å²) in [5.41, 5.74) is 0. The Kier molecular flexibility index (Phi) is 10.7. The fourth-order valence-electron chi connectivity index (χ4n) is 1.41. The van der Waals surface area contributed by atoms with Crippen molar-refractivity contribution in [1.82, 2.24) is 0 Å². The van der Waals surface area contributed by atoms with E-state index in [1.165, 1.54) is 0 Å². The number of carbonyl (C=O) groups excluding carboxylic acids is 1. The van der Waals surface area contributed by atoms with E-state index in [4.69, 9.17) is 4.74 Å². The van der Waals surface area contributed by atoms with Crippen molar-refractivity contribution in [3.8, 4) is 0 Å². The minimum Gasteiger partial charge on any atom is -0.464 e. The topological polar surface area (TPSA) is 26.3 Å². The van der Waals surface area contributed by atoms with Gasteiger partial charge in [0.15, 0.2) is 0 Å². The largest absolute Gasteiger partial charge is 0.464 e. The zero-order chi connectivity index (χ0) is 10.4. The molecule has 14 heavy (non-hydrogen) atoms. The average molecular weight is 274 g/mol. The minimum absolute atomic E-state index is 0. The molecule has 0 saturated carbocycles. The third-order valence-corrected chi connectivity index (χ3v) is 1.95. The summed E-state index contributed by atoms with van der Waals surface area (Å²) in [6.07, 6.45) is 2.28. The standard InChI is InChI=1S/C11H21O2.Y/c1-6-7-10(12)13-11(8(2)3)9(4)5;/h6,8-9,11H,7H2,1-5H3;/q-1;. The molecule has 0 aliphatic carbocycles. The third-order valence-electron chi connectivity index (χ3n) is 1.95. The van der Waals surface area contributed by atoms with Crippen molar-refractivity contribution in [2.75, 3.05) is 0 Å². The zero-order valence-corrected chi connectivity index (χ0v) is 12.7. The van der Waals surface area contributed by atoms with Crippen LogP contribution in [0.4, 0.5) is 0 Å². The van der Waals surface area contributed by atoms with E-state index in [-0.39, 0.29) is 44.8 Å². The van der Waals surface area contributed by atoms with E-state index in [0.29, 0.717) is 18.3 Å². The maximum atomic E-state index is 11.2. The van der Waals surface area contributed by atoms with Crippen LogP contribution in [0.3, 0.4) is 0 Å². The second kappa shape index (κ2) is 8.85. The van der Waals surface area contributed by atoms with E-state index in [9.17, 15) is 4.79 Å². The molecule has 0 spiro atoms. The van der Waals surface area contributed by atoms with Gasteiger partial charge in [-0.3, -0.25) is 4.79 Å². The molecule has 0 aromatic rings. The number of hydrogen-bond donors (Lipinski definition) is 0. The summed E-state index contributed by atoms with van der Waals surface area (Å²) in [4.78, 5) is 11.2. The normalized spacial score (nSPS) is 10.6. The first kappa shape index (κ1) is 17.0. The maximum absolute atomic E-state index is 11.2. The Morgan fingerprint density at radius 2 is 1.64 bits per heavy atom. The van der Waals surface area contributed by atoms with E-state index in [2.05, 4.69) is 27.7 Å². The first-order valence-electron chi connectivity index (χ1n) is 4.96. The number of rotatable bonds is 5. The van der Waals surface area contributed by atoms with Crippen LogP contribution in [-0.2, 0) is 42.2 Å². The van der Waals surface area contributed by atoms with Crippen molar-refractivity contribution in [3.63, 3.8) is 0 Å². The quantitative estimate of drug-likeness (QED) is 0.569. The molecule has 0 bridgehead atoms. The molecule has 0 aliphatic rings. The van der Waals surface area contributed by atoms with Gasteiger partial charge < -0.3 is 11.2 Å². The van der Waals surface area contributed by atoms with Gasteiger partial charge in [-0.05, 0) is 11.8 Å². The first-order valence-corrected chi connectivity index (χ1v) is 4.96. The molecule has 81 valence electrons. The van der Waals surface area contributed by atoms with Crippen molar-refractivity contribution in [2.24, 2.45) is 11.8 Å². The molecule has 0 aromatic carbocycles. The minimum atomic E-state index is -0.116. The number of hydrogen-bond acceptors (Lipinski definition) is 2. The monoisotopic (exact) mass is 274 g/mol. The van der Waals surface area contributed by atoms with Crippen molar-refractivity contribution in [1.29, 1.82) is 0 Å². The Balaban J connectivity index is 0. The van der Waals surface area contributed by atoms with Gasteiger partial charge in [-0.2, -0.15) is 6.92 Å². The van der Waals surface area contributed by atoms with Crippen LogP contribution in [0.15, 0.2) is 0 Å². The van der Waals surface area contributed by atoms with Gasteiger partial charge in [-0.25, -0.2) is 0 Å². The predicted octanol–water partition coefficient (Wildman–Crippen LogP) is 2.82. The van der Waals surface area contributed by atoms with Crippen molar-refractivity contribution >= 4 is 5.97 Å². The molecule has 0 amide bonds. The Bertz CT molecular complexity index is 147. The molecule has 0 aliphatic heterocycles. The van der Waals surface area contributed by atoms with Gasteiger partial charge in [-0.1, -0.05) is 34.1 Å². The number of carbonyl (C=O) groups is 1. The van der Waals surface area contributed by atoms with Crippen LogP contribution in [0.2, 0.25) is 0 Å². The fraction of sp³-hybridized carbons (Fsp3) is 0.818. The van der Waals surface area contributed by atoms with Gasteiger partial charge >= 0.3 is 0 Å². The van der Waals surface area contributed by atoms with Gasteiger partial charge in [0.1, 0.15) is 6.10 Å². The molecule has 0 heterocycles. The van der Waals surface area contributed by atoms with Crippen molar-refractivity contribution in [2.45, 2.75) is 47.1 Å². The van der Waals surface area contributed by atoms with Crippen LogP contribution >= 0.6 is 0 Å². The molecule has 0 unspecified atom stereocenters. The maximum Gasteiger partial charge on any atom is 0.275 e. The van der Waals surface area contributed by atoms with Gasteiger partial charge in [0.25, 0.3) is 5.97 Å². The SMILES string of the molecule is C[CH-]CC(=O)OC(C(C)C)C(C)C.[Y]. The molecule has 0 N–H and O–H groups in total. The Morgan fingerprint density at radius 3 is 1.93 bits per heavy atom. The molecule has 0 rings (SSSR count). The molecule has 0 saturated heterocycles. The van der Waals surface area contributed by atoms with Gasteiger partial charge in [0.2, 0.25) is 0 Å². The van der Waals surface area contributed by atoms with Crippen LogP contribution in [0.25, 0.3) is 0 Å². The summed E-state index contributed by atoms with van der Waals surface area (Å²) in [5, 5.41) is 0. The third kappa shape index (κ3) is 6.94. The van der Waals surface area contributed by atoms with Gasteiger partial charge in [0.05, 0.1) is 0 Å². The molecular weight excluding hydrogens is 253 g/mol. The Hall–Kier alpha value is 0.574. The number of esters is 1. The zero-order valence-electron chi connectivity index (χ0n) is 9.91. The van der Waals surface area contributed by atoms with Crippen LogP contribution in [0.1, 0.15) is 41.0 Å². The summed E-state index contributed by atoms with van der Waals surface area (Å²) >= 11 is 0. The Morgan fingerprint density at radius 1 is 1.21 bits per heavy atom. The van der Waals surface area contributed by atoms with Gasteiger partial charge in [-0.15, -0.1) is 0 Å². The van der Waals surface area contributed by atoms with E-state index in [1.54, 1.807) is 0 Å². The van der Waals surface area contributed by atoms with Crippen LogP contribution in [-0.4, -0.2) is 12.1 Å². The number of ether oxygens (including phenoxy) is 1. The fourth-order valence-corrected chi connectivity index (χ4v) is 1.41. The molecule has 1 radical (unpaired) electrons. The van der Waals surface area contributed by atoms with E-state index >= 15 is 0 Å². The van der Waals surface area contributed by atoms with Crippen LogP contribution in [0.5, 0.6) is 0 Å².